The summed E-state index contributed by atoms with van der Waals surface area (Å²) < 4.78 is 66.0. The molecule has 1 N–H and O–H groups in total. The van der Waals surface area contributed by atoms with E-state index in [1.54, 1.807) is 0 Å². The summed E-state index contributed by atoms with van der Waals surface area (Å²) in [6, 6.07) is 7.52. The zero-order chi connectivity index (χ0) is 24.0. The van der Waals surface area contributed by atoms with Gasteiger partial charge in [0.15, 0.2) is 11.5 Å². The van der Waals surface area contributed by atoms with Crippen LogP contribution in [0.15, 0.2) is 46.4 Å². The third-order valence-corrected chi connectivity index (χ3v) is 6.47. The summed E-state index contributed by atoms with van der Waals surface area (Å²) >= 11 is 0. The van der Waals surface area contributed by atoms with E-state index in [0.717, 1.165) is 6.07 Å². The minimum atomic E-state index is -3.92. The molecule has 0 spiro atoms. The fraction of sp³-hybridized carbons (Fsp3) is 0.316. The molecule has 33 heavy (non-hydrogen) atoms. The molecule has 0 radical (unpaired) electrons. The van der Waals surface area contributed by atoms with Crippen molar-refractivity contribution in [2.24, 2.45) is 5.10 Å². The van der Waals surface area contributed by atoms with Gasteiger partial charge in [-0.15, -0.1) is 0 Å². The van der Waals surface area contributed by atoms with Gasteiger partial charge in [0.05, 0.1) is 36.4 Å². The van der Waals surface area contributed by atoms with E-state index in [1.807, 2.05) is 0 Å². The first-order chi connectivity index (χ1) is 15.7. The number of nitro benzene ring substituents is 1. The van der Waals surface area contributed by atoms with Crippen LogP contribution in [0.3, 0.4) is 0 Å². The molecule has 11 nitrogen and oxygen atoms in total. The number of hydrogen-bond donors (Lipinski definition) is 1. The molecule has 178 valence electrons. The molecule has 0 amide bonds. The molecule has 0 aliphatic carbocycles. The van der Waals surface area contributed by atoms with Crippen LogP contribution in [-0.2, 0) is 14.8 Å². The van der Waals surface area contributed by atoms with E-state index in [0.29, 0.717) is 5.56 Å². The van der Waals surface area contributed by atoms with Gasteiger partial charge in [0, 0.05) is 19.2 Å². The van der Waals surface area contributed by atoms with Gasteiger partial charge in [0.1, 0.15) is 5.69 Å². The van der Waals surface area contributed by atoms with Crippen molar-refractivity contribution < 1.29 is 36.3 Å². The lowest BCUT2D eigenvalue weighted by Gasteiger charge is -2.26. The number of ether oxygens (including phenoxy) is 3. The fourth-order valence-electron chi connectivity index (χ4n) is 2.99. The number of sulfonamides is 1. The van der Waals surface area contributed by atoms with Crippen molar-refractivity contribution >= 4 is 27.6 Å². The number of hydrazone groups is 1. The lowest BCUT2D eigenvalue weighted by Crippen LogP contribution is -2.40. The van der Waals surface area contributed by atoms with Crippen molar-refractivity contribution in [2.75, 3.05) is 38.8 Å². The molecule has 1 fully saturated rings. The summed E-state index contributed by atoms with van der Waals surface area (Å²) in [5.41, 5.74) is 2.39. The number of nitro groups is 1. The Kier molecular flexibility index (Phi) is 7.73. The van der Waals surface area contributed by atoms with Crippen LogP contribution in [0, 0.1) is 10.1 Å². The van der Waals surface area contributed by atoms with E-state index in [1.165, 1.54) is 48.0 Å². The quantitative estimate of drug-likeness (QED) is 0.325. The van der Waals surface area contributed by atoms with E-state index in [4.69, 9.17) is 9.47 Å². The zero-order valence-electron chi connectivity index (χ0n) is 17.3. The number of benzene rings is 2. The standard InChI is InChI=1S/C19H20F2N4O7S/c1-30-18-10-13(2-5-17(18)32-19(20)21)12-22-23-15-4-3-14(11-16(15)25(26)27)33(28,29)24-6-8-31-9-7-24/h2-5,10-12,19,23H,6-9H2,1H3/b22-12-. The summed E-state index contributed by atoms with van der Waals surface area (Å²) in [5.74, 6) is -0.117. The lowest BCUT2D eigenvalue weighted by atomic mass is 10.2. The zero-order valence-corrected chi connectivity index (χ0v) is 18.1. The number of hydrogen-bond acceptors (Lipinski definition) is 9. The Morgan fingerprint density at radius 3 is 2.58 bits per heavy atom. The van der Waals surface area contributed by atoms with E-state index in [2.05, 4.69) is 15.3 Å². The smallest absolute Gasteiger partial charge is 0.387 e. The molecular formula is C19H20F2N4O7S. The van der Waals surface area contributed by atoms with Crippen LogP contribution in [0.25, 0.3) is 0 Å². The molecule has 0 atom stereocenters. The largest absolute Gasteiger partial charge is 0.493 e. The number of nitrogens with zero attached hydrogens (tertiary/aromatic N) is 3. The second-order valence-electron chi connectivity index (χ2n) is 6.61. The molecule has 2 aromatic carbocycles. The second kappa shape index (κ2) is 10.5. The maximum Gasteiger partial charge on any atom is 0.387 e. The van der Waals surface area contributed by atoms with Crippen LogP contribution >= 0.6 is 0 Å². The number of morpholine rings is 1. The number of halogens is 2. The average molecular weight is 486 g/mol. The SMILES string of the molecule is COc1cc(/C=N\Nc2ccc(S(=O)(=O)N3CCOCC3)cc2[N+](=O)[O-])ccc1OC(F)F. The van der Waals surface area contributed by atoms with Gasteiger partial charge in [0.2, 0.25) is 10.0 Å². The van der Waals surface area contributed by atoms with Crippen molar-refractivity contribution in [3.63, 3.8) is 0 Å². The topological polar surface area (TPSA) is 133 Å². The Morgan fingerprint density at radius 1 is 1.21 bits per heavy atom. The number of anilines is 1. The Labute approximate surface area is 187 Å². The maximum absolute atomic E-state index is 12.8. The highest BCUT2D eigenvalue weighted by atomic mass is 32.2. The number of rotatable bonds is 9. The molecule has 0 bridgehead atoms. The van der Waals surface area contributed by atoms with Gasteiger partial charge in [-0.3, -0.25) is 15.5 Å². The molecule has 0 saturated carbocycles. The number of methoxy groups -OCH3 is 1. The molecule has 0 unspecified atom stereocenters. The Morgan fingerprint density at radius 2 is 1.94 bits per heavy atom. The van der Waals surface area contributed by atoms with Crippen LogP contribution in [0.5, 0.6) is 11.5 Å². The van der Waals surface area contributed by atoms with Crippen molar-refractivity contribution in [3.05, 3.63) is 52.1 Å². The Balaban J connectivity index is 1.80. The van der Waals surface area contributed by atoms with Crippen molar-refractivity contribution in [1.82, 2.24) is 4.31 Å². The first kappa shape index (κ1) is 24.3. The Hall–Kier alpha value is -3.36. The summed E-state index contributed by atoms with van der Waals surface area (Å²) in [6.45, 7) is -2.21. The van der Waals surface area contributed by atoms with Gasteiger partial charge >= 0.3 is 6.61 Å². The van der Waals surface area contributed by atoms with Crippen LogP contribution in [0.4, 0.5) is 20.2 Å². The predicted octanol–water partition coefficient (Wildman–Crippen LogP) is 2.67. The van der Waals surface area contributed by atoms with Crippen LogP contribution in [0.2, 0.25) is 0 Å². The first-order valence-corrected chi connectivity index (χ1v) is 10.9. The molecule has 1 aliphatic heterocycles. The summed E-state index contributed by atoms with van der Waals surface area (Å²) in [6.07, 6.45) is 1.27. The molecule has 3 rings (SSSR count). The van der Waals surface area contributed by atoms with E-state index < -0.39 is 27.2 Å². The lowest BCUT2D eigenvalue weighted by molar-refractivity contribution is -0.384. The first-order valence-electron chi connectivity index (χ1n) is 9.50. The molecule has 14 heteroatoms. The monoisotopic (exact) mass is 486 g/mol. The number of alkyl halides is 2. The molecular weight excluding hydrogens is 466 g/mol. The molecule has 2 aromatic rings. The highest BCUT2D eigenvalue weighted by Crippen LogP contribution is 2.30. The number of nitrogens with one attached hydrogen (secondary N) is 1. The van der Waals surface area contributed by atoms with Crippen LogP contribution in [0.1, 0.15) is 5.56 Å². The maximum atomic E-state index is 12.8. The molecule has 1 heterocycles. The summed E-state index contributed by atoms with van der Waals surface area (Å²) in [5, 5.41) is 15.4. The van der Waals surface area contributed by atoms with Gasteiger partial charge in [-0.2, -0.15) is 18.2 Å². The van der Waals surface area contributed by atoms with Gasteiger partial charge in [0.25, 0.3) is 5.69 Å². The summed E-state index contributed by atoms with van der Waals surface area (Å²) in [4.78, 5) is 10.6. The second-order valence-corrected chi connectivity index (χ2v) is 8.55. The van der Waals surface area contributed by atoms with Crippen molar-refractivity contribution in [1.29, 1.82) is 0 Å². The van der Waals surface area contributed by atoms with Gasteiger partial charge < -0.3 is 14.2 Å². The third-order valence-electron chi connectivity index (χ3n) is 4.58. The van der Waals surface area contributed by atoms with E-state index in [9.17, 15) is 27.3 Å². The van der Waals surface area contributed by atoms with Crippen LogP contribution < -0.4 is 14.9 Å². The molecule has 1 aliphatic rings. The molecule has 1 saturated heterocycles. The predicted molar refractivity (Wildman–Crippen MR) is 114 cm³/mol. The van der Waals surface area contributed by atoms with E-state index >= 15 is 0 Å². The fourth-order valence-corrected chi connectivity index (χ4v) is 4.42. The minimum absolute atomic E-state index is 0.0400. The van der Waals surface area contributed by atoms with Crippen molar-refractivity contribution in [2.45, 2.75) is 11.5 Å². The van der Waals surface area contributed by atoms with Gasteiger partial charge in [-0.25, -0.2) is 8.42 Å². The van der Waals surface area contributed by atoms with Gasteiger partial charge in [-0.1, -0.05) is 0 Å². The minimum Gasteiger partial charge on any atom is -0.493 e. The normalized spacial score (nSPS) is 15.0. The third kappa shape index (κ3) is 5.91. The van der Waals surface area contributed by atoms with E-state index in [-0.39, 0.29) is 48.4 Å². The summed E-state index contributed by atoms with van der Waals surface area (Å²) in [7, 11) is -2.63. The van der Waals surface area contributed by atoms with Crippen molar-refractivity contribution in [3.8, 4) is 11.5 Å². The van der Waals surface area contributed by atoms with Gasteiger partial charge in [-0.05, 0) is 35.9 Å². The average Bonchev–Trinajstić information content (AvgIpc) is 2.80. The molecule has 0 aromatic heterocycles. The highest BCUT2D eigenvalue weighted by molar-refractivity contribution is 7.89. The van der Waals surface area contributed by atoms with Crippen LogP contribution in [-0.4, -0.2) is 63.9 Å². The highest BCUT2D eigenvalue weighted by Gasteiger charge is 2.28. The Bertz CT molecular complexity index is 1140.